The molecular formula is C65H109NO18. The highest BCUT2D eigenvalue weighted by atomic mass is 16.8. The fraction of sp³-hybridized carbons (Fsp3) is 0.738. The van der Waals surface area contributed by atoms with Crippen LogP contribution in [0.1, 0.15) is 174 Å². The normalized spacial score (nSPS) is 29.8. The van der Waals surface area contributed by atoms with Gasteiger partial charge in [0.25, 0.3) is 0 Å². The van der Waals surface area contributed by atoms with E-state index in [-0.39, 0.29) is 18.9 Å². The third kappa shape index (κ3) is 29.6. The Hall–Kier alpha value is -3.29. The van der Waals surface area contributed by atoms with E-state index in [1.807, 2.05) is 0 Å². The van der Waals surface area contributed by atoms with Crippen molar-refractivity contribution in [3.05, 3.63) is 97.2 Å². The van der Waals surface area contributed by atoms with Crippen LogP contribution in [-0.4, -0.2) is 193 Å². The molecule has 3 saturated heterocycles. The minimum absolute atomic E-state index is 0.253. The summed E-state index contributed by atoms with van der Waals surface area (Å²) >= 11 is 0. The maximum Gasteiger partial charge on any atom is 0.220 e. The van der Waals surface area contributed by atoms with Gasteiger partial charge in [0, 0.05) is 6.42 Å². The Kier molecular flexibility index (Phi) is 41.8. The molecule has 3 aliphatic rings. The van der Waals surface area contributed by atoms with Crippen molar-refractivity contribution in [2.75, 3.05) is 26.4 Å². The Morgan fingerprint density at radius 1 is 0.440 bits per heavy atom. The topological polar surface area (TPSA) is 307 Å². The maximum absolute atomic E-state index is 13.2. The standard InChI is InChI=1S/C65H109NO18/c1-3-5-7-9-10-11-12-13-14-15-16-17-18-19-20-21-22-23-24-25-26-27-28-29-30-31-32-33-34-35-36-37-38-39-41-43-53(71)66-48(49(70)42-40-8-6-4-2)47-79-63-59(77)56(74)61(51(45-68)81-63)84-65-60(78)57(75)62(52(46-69)82-65)83-64-58(76)55(73)54(72)50(44-67)80-64/h5,7,10-11,13-14,16-17,19-20,22-23,25-26,28-29,48-52,54-65,67-70,72-78H,3-4,6,8-9,12,15,18,21,24,27,30-47H2,1-2H3,(H,66,71)/b7-5-,11-10-,14-13-,17-16-,20-19-,23-22-,26-25-,29-28-. The van der Waals surface area contributed by atoms with E-state index >= 15 is 0 Å². The number of ether oxygens (including phenoxy) is 6. The van der Waals surface area contributed by atoms with E-state index in [2.05, 4.69) is 116 Å². The second kappa shape index (κ2) is 46.8. The second-order valence-corrected chi connectivity index (χ2v) is 22.1. The van der Waals surface area contributed by atoms with Crippen LogP contribution in [0.2, 0.25) is 0 Å². The fourth-order valence-corrected chi connectivity index (χ4v) is 10.0. The number of unbranched alkanes of at least 4 members (excludes halogenated alkanes) is 13. The van der Waals surface area contributed by atoms with Crippen LogP contribution < -0.4 is 5.32 Å². The molecule has 84 heavy (non-hydrogen) atoms. The summed E-state index contributed by atoms with van der Waals surface area (Å²) in [5, 5.41) is 119. The first kappa shape index (κ1) is 75.0. The number of amides is 1. The van der Waals surface area contributed by atoms with Gasteiger partial charge in [-0.25, -0.2) is 0 Å². The lowest BCUT2D eigenvalue weighted by Crippen LogP contribution is -2.66. The van der Waals surface area contributed by atoms with Crippen molar-refractivity contribution in [1.82, 2.24) is 5.32 Å². The van der Waals surface area contributed by atoms with Gasteiger partial charge in [0.05, 0.1) is 38.6 Å². The molecule has 0 spiro atoms. The first-order valence-corrected chi connectivity index (χ1v) is 31.5. The summed E-state index contributed by atoms with van der Waals surface area (Å²) in [5.41, 5.74) is 0. The van der Waals surface area contributed by atoms with E-state index < -0.39 is 124 Å². The molecule has 0 radical (unpaired) electrons. The third-order valence-electron chi connectivity index (χ3n) is 15.2. The number of carbonyl (C=O) groups is 1. The molecule has 17 unspecified atom stereocenters. The molecule has 0 aromatic carbocycles. The first-order valence-electron chi connectivity index (χ1n) is 31.5. The number of hydrogen-bond donors (Lipinski definition) is 12. The van der Waals surface area contributed by atoms with Gasteiger partial charge in [-0.1, -0.05) is 188 Å². The zero-order valence-corrected chi connectivity index (χ0v) is 50.3. The molecule has 3 heterocycles. The van der Waals surface area contributed by atoms with Crippen molar-refractivity contribution in [3.63, 3.8) is 0 Å². The predicted molar refractivity (Wildman–Crippen MR) is 323 cm³/mol. The van der Waals surface area contributed by atoms with Crippen LogP contribution in [0.25, 0.3) is 0 Å². The van der Waals surface area contributed by atoms with Crippen LogP contribution in [-0.2, 0) is 33.2 Å². The Morgan fingerprint density at radius 2 is 0.821 bits per heavy atom. The fourth-order valence-electron chi connectivity index (χ4n) is 10.0. The smallest absolute Gasteiger partial charge is 0.220 e. The molecule has 3 fully saturated rings. The van der Waals surface area contributed by atoms with Crippen LogP contribution in [0, 0.1) is 0 Å². The van der Waals surface area contributed by atoms with E-state index in [0.717, 1.165) is 103 Å². The molecule has 19 heteroatoms. The van der Waals surface area contributed by atoms with Gasteiger partial charge in [-0.15, -0.1) is 0 Å². The molecule has 19 nitrogen and oxygen atoms in total. The molecule has 3 rings (SSSR count). The minimum atomic E-state index is -1.97. The van der Waals surface area contributed by atoms with Gasteiger partial charge in [-0.05, 0) is 77.0 Å². The van der Waals surface area contributed by atoms with Gasteiger partial charge in [0.15, 0.2) is 18.9 Å². The van der Waals surface area contributed by atoms with E-state index in [0.29, 0.717) is 19.3 Å². The highest BCUT2D eigenvalue weighted by Crippen LogP contribution is 2.33. The average molecular weight is 1190 g/mol. The largest absolute Gasteiger partial charge is 0.394 e. The molecule has 17 atom stereocenters. The quantitative estimate of drug-likeness (QED) is 0.0228. The molecule has 0 saturated carbocycles. The van der Waals surface area contributed by atoms with Crippen LogP contribution in [0.4, 0.5) is 0 Å². The number of rotatable bonds is 45. The molecule has 0 bridgehead atoms. The molecular weight excluding hydrogens is 1080 g/mol. The van der Waals surface area contributed by atoms with Gasteiger partial charge in [-0.3, -0.25) is 4.79 Å². The van der Waals surface area contributed by atoms with Crippen LogP contribution >= 0.6 is 0 Å². The summed E-state index contributed by atoms with van der Waals surface area (Å²) in [6.07, 6.45) is 33.2. The number of carbonyl (C=O) groups excluding carboxylic acids is 1. The molecule has 1 amide bonds. The van der Waals surface area contributed by atoms with Crippen molar-refractivity contribution in [1.29, 1.82) is 0 Å². The maximum atomic E-state index is 13.2. The van der Waals surface area contributed by atoms with Gasteiger partial charge < -0.3 is 89.9 Å². The number of aliphatic hydroxyl groups excluding tert-OH is 11. The summed E-state index contributed by atoms with van der Waals surface area (Å²) in [7, 11) is 0. The lowest BCUT2D eigenvalue weighted by molar-refractivity contribution is -0.379. The summed E-state index contributed by atoms with van der Waals surface area (Å²) in [6, 6.07) is -0.891. The monoisotopic (exact) mass is 1190 g/mol. The zero-order valence-electron chi connectivity index (χ0n) is 50.3. The summed E-state index contributed by atoms with van der Waals surface area (Å²) in [5.74, 6) is -0.263. The van der Waals surface area contributed by atoms with E-state index in [1.54, 1.807) is 0 Å². The average Bonchev–Trinajstić information content (AvgIpc) is 3.52. The zero-order chi connectivity index (χ0) is 61.2. The molecule has 0 aromatic heterocycles. The minimum Gasteiger partial charge on any atom is -0.394 e. The van der Waals surface area contributed by atoms with Gasteiger partial charge in [0.2, 0.25) is 5.91 Å². The molecule has 482 valence electrons. The van der Waals surface area contributed by atoms with Crippen LogP contribution in [0.3, 0.4) is 0 Å². The highest BCUT2D eigenvalue weighted by molar-refractivity contribution is 5.76. The number of nitrogens with one attached hydrogen (secondary N) is 1. The third-order valence-corrected chi connectivity index (χ3v) is 15.2. The molecule has 0 aliphatic carbocycles. The van der Waals surface area contributed by atoms with Crippen molar-refractivity contribution in [2.45, 2.75) is 279 Å². The predicted octanol–water partition coefficient (Wildman–Crippen LogP) is 6.54. The van der Waals surface area contributed by atoms with Gasteiger partial charge in [0.1, 0.15) is 73.2 Å². The number of hydrogen-bond acceptors (Lipinski definition) is 18. The lowest BCUT2D eigenvalue weighted by Gasteiger charge is -2.48. The van der Waals surface area contributed by atoms with Crippen molar-refractivity contribution < 1.29 is 89.4 Å². The Labute approximate surface area is 501 Å². The number of aliphatic hydroxyl groups is 11. The summed E-state index contributed by atoms with van der Waals surface area (Å²) in [4.78, 5) is 13.2. The van der Waals surface area contributed by atoms with Crippen molar-refractivity contribution in [2.24, 2.45) is 0 Å². The second-order valence-electron chi connectivity index (χ2n) is 22.1. The van der Waals surface area contributed by atoms with E-state index in [1.165, 1.54) is 32.1 Å². The lowest BCUT2D eigenvalue weighted by atomic mass is 9.96. The molecule has 0 aromatic rings. The summed E-state index contributed by atoms with van der Waals surface area (Å²) in [6.45, 7) is 1.50. The summed E-state index contributed by atoms with van der Waals surface area (Å²) < 4.78 is 34.1. The SMILES string of the molecule is CC/C=C\C/C=C\C/C=C\C/C=C\C/C=C\C/C=C\C/C=C\C/C=C\CCCCCCCCCCCCC(=O)NC(COC1OC(CO)C(OC2OC(CO)C(OC3OC(CO)C(O)C(O)C3O)C(O)C2O)C(O)C1O)C(O)CCCCCC. The van der Waals surface area contributed by atoms with Gasteiger partial charge in [-0.2, -0.15) is 0 Å². The first-order chi connectivity index (χ1) is 40.8. The Bertz CT molecular complexity index is 1910. The molecule has 3 aliphatic heterocycles. The molecule has 12 N–H and O–H groups in total. The van der Waals surface area contributed by atoms with Crippen LogP contribution in [0.5, 0.6) is 0 Å². The van der Waals surface area contributed by atoms with Crippen molar-refractivity contribution >= 4 is 5.91 Å². The number of allylic oxidation sites excluding steroid dienone is 16. The van der Waals surface area contributed by atoms with Crippen molar-refractivity contribution in [3.8, 4) is 0 Å². The van der Waals surface area contributed by atoms with Gasteiger partial charge >= 0.3 is 0 Å². The van der Waals surface area contributed by atoms with Crippen LogP contribution in [0.15, 0.2) is 97.2 Å². The van der Waals surface area contributed by atoms with E-state index in [4.69, 9.17) is 28.4 Å². The Balaban J connectivity index is 1.28. The van der Waals surface area contributed by atoms with E-state index in [9.17, 15) is 61.0 Å². The highest BCUT2D eigenvalue weighted by Gasteiger charge is 2.53. The Morgan fingerprint density at radius 3 is 1.27 bits per heavy atom.